The van der Waals surface area contributed by atoms with Gasteiger partial charge in [-0.1, -0.05) is 18.2 Å². The van der Waals surface area contributed by atoms with E-state index in [1.807, 2.05) is 30.3 Å². The van der Waals surface area contributed by atoms with E-state index in [1.165, 1.54) is 17.8 Å². The third-order valence-electron chi connectivity index (χ3n) is 4.40. The van der Waals surface area contributed by atoms with E-state index in [0.717, 1.165) is 11.3 Å². The maximum Gasteiger partial charge on any atom is 0.348 e. The fourth-order valence-electron chi connectivity index (χ4n) is 2.68. The van der Waals surface area contributed by atoms with Crippen LogP contribution in [0.15, 0.2) is 41.5 Å². The highest BCUT2D eigenvalue weighted by Gasteiger charge is 2.22. The number of aryl methyl sites for hydroxylation is 1. The number of hydrogen-bond donors (Lipinski definition) is 0. The van der Waals surface area contributed by atoms with E-state index in [9.17, 15) is 14.4 Å². The molecule has 8 heteroatoms. The van der Waals surface area contributed by atoms with Crippen LogP contribution in [0.5, 0.6) is 5.75 Å². The zero-order chi connectivity index (χ0) is 20.3. The van der Waals surface area contributed by atoms with Gasteiger partial charge in [-0.2, -0.15) is 0 Å². The predicted octanol–water partition coefficient (Wildman–Crippen LogP) is 3.15. The molecule has 0 radical (unpaired) electrons. The lowest BCUT2D eigenvalue weighted by molar-refractivity contribution is -0.119. The minimum Gasteiger partial charge on any atom is -0.490 e. The van der Waals surface area contributed by atoms with Crippen molar-refractivity contribution >= 4 is 33.3 Å². The first-order valence-electron chi connectivity index (χ1n) is 8.75. The van der Waals surface area contributed by atoms with Gasteiger partial charge < -0.3 is 9.47 Å². The third-order valence-corrected chi connectivity index (χ3v) is 5.58. The average molecular weight is 400 g/mol. The van der Waals surface area contributed by atoms with Crippen molar-refractivity contribution in [1.29, 1.82) is 0 Å². The molecular weight excluding hydrogens is 380 g/mol. The topological polar surface area (TPSA) is 87.5 Å². The lowest BCUT2D eigenvalue weighted by Gasteiger charge is -2.10. The van der Waals surface area contributed by atoms with E-state index in [4.69, 9.17) is 9.47 Å². The van der Waals surface area contributed by atoms with Gasteiger partial charge in [0.05, 0.1) is 17.8 Å². The zero-order valence-corrected chi connectivity index (χ0v) is 16.6. The van der Waals surface area contributed by atoms with Crippen molar-refractivity contribution in [2.45, 2.75) is 26.8 Å². The molecular formula is C20H20N2O5S. The molecule has 1 unspecified atom stereocenters. The number of carbonyl (C=O) groups is 2. The summed E-state index contributed by atoms with van der Waals surface area (Å²) in [5.41, 5.74) is 0.171. The quantitative estimate of drug-likeness (QED) is 0.447. The average Bonchev–Trinajstić information content (AvgIpc) is 3.03. The Labute approximate surface area is 165 Å². The Hall–Kier alpha value is -3.00. The molecule has 0 bridgehead atoms. The van der Waals surface area contributed by atoms with Crippen LogP contribution in [-0.2, 0) is 9.53 Å². The van der Waals surface area contributed by atoms with Gasteiger partial charge in [-0.3, -0.25) is 14.2 Å². The second-order valence-electron chi connectivity index (χ2n) is 6.28. The van der Waals surface area contributed by atoms with Crippen LogP contribution in [0.3, 0.4) is 0 Å². The number of fused-ring (bicyclic) bond motifs is 1. The number of aromatic nitrogens is 2. The Balaban J connectivity index is 1.75. The highest BCUT2D eigenvalue weighted by atomic mass is 32.1. The zero-order valence-electron chi connectivity index (χ0n) is 15.8. The number of esters is 1. The highest BCUT2D eigenvalue weighted by Crippen LogP contribution is 2.27. The molecule has 0 aliphatic carbocycles. The number of thiophene rings is 1. The molecule has 0 saturated heterocycles. The van der Waals surface area contributed by atoms with Crippen molar-refractivity contribution in [1.82, 2.24) is 9.55 Å². The summed E-state index contributed by atoms with van der Waals surface area (Å²) < 4.78 is 12.1. The number of para-hydroxylation sites is 1. The van der Waals surface area contributed by atoms with Crippen LogP contribution in [0.25, 0.3) is 10.2 Å². The van der Waals surface area contributed by atoms with E-state index in [-0.39, 0.29) is 24.6 Å². The monoisotopic (exact) mass is 400 g/mol. The van der Waals surface area contributed by atoms with E-state index >= 15 is 0 Å². The maximum atomic E-state index is 12.8. The molecule has 2 aromatic heterocycles. The molecule has 1 atom stereocenters. The minimum atomic E-state index is -0.616. The SMILES string of the molecule is CC(=O)C(C)n1cnc2sc(C(=O)OCCOc3ccccc3)c(C)c2c1=O. The lowest BCUT2D eigenvalue weighted by Crippen LogP contribution is -2.27. The van der Waals surface area contributed by atoms with Crippen molar-refractivity contribution in [2.75, 3.05) is 13.2 Å². The van der Waals surface area contributed by atoms with Crippen LogP contribution >= 0.6 is 11.3 Å². The van der Waals surface area contributed by atoms with E-state index in [2.05, 4.69) is 4.98 Å². The van der Waals surface area contributed by atoms with E-state index in [1.54, 1.807) is 13.8 Å². The van der Waals surface area contributed by atoms with Crippen molar-refractivity contribution in [3.8, 4) is 5.75 Å². The molecule has 0 N–H and O–H groups in total. The Morgan fingerprint density at radius 3 is 2.61 bits per heavy atom. The van der Waals surface area contributed by atoms with Gasteiger partial charge in [0.15, 0.2) is 5.78 Å². The molecule has 1 aromatic carbocycles. The van der Waals surface area contributed by atoms with Crippen molar-refractivity contribution in [3.05, 3.63) is 57.5 Å². The Morgan fingerprint density at radius 1 is 1.21 bits per heavy atom. The fourth-order valence-corrected chi connectivity index (χ4v) is 3.71. The van der Waals surface area contributed by atoms with Crippen LogP contribution in [0.1, 0.15) is 35.1 Å². The number of nitrogens with zero attached hydrogens (tertiary/aromatic N) is 2. The summed E-state index contributed by atoms with van der Waals surface area (Å²) in [6.07, 6.45) is 1.34. The minimum absolute atomic E-state index is 0.0838. The Morgan fingerprint density at radius 2 is 1.93 bits per heavy atom. The second-order valence-corrected chi connectivity index (χ2v) is 7.28. The summed E-state index contributed by atoms with van der Waals surface area (Å²) >= 11 is 1.10. The Kier molecular flexibility index (Phi) is 5.89. The molecule has 146 valence electrons. The summed E-state index contributed by atoms with van der Waals surface area (Å²) in [4.78, 5) is 41.8. The molecule has 0 amide bonds. The summed E-state index contributed by atoms with van der Waals surface area (Å²) in [7, 11) is 0. The number of ether oxygens (including phenoxy) is 2. The van der Waals surface area contributed by atoms with Crippen LogP contribution in [0.4, 0.5) is 0 Å². The molecule has 0 aliphatic rings. The molecule has 2 heterocycles. The third kappa shape index (κ3) is 3.96. The van der Waals surface area contributed by atoms with Gasteiger partial charge in [-0.15, -0.1) is 11.3 Å². The molecule has 0 aliphatic heterocycles. The van der Waals surface area contributed by atoms with Crippen LogP contribution in [0, 0.1) is 6.92 Å². The van der Waals surface area contributed by atoms with Crippen molar-refractivity contribution < 1.29 is 19.1 Å². The predicted molar refractivity (Wildman–Crippen MR) is 106 cm³/mol. The number of benzene rings is 1. The number of rotatable bonds is 7. The summed E-state index contributed by atoms with van der Waals surface area (Å²) in [6, 6.07) is 8.61. The van der Waals surface area contributed by atoms with Crippen LogP contribution in [0.2, 0.25) is 0 Å². The normalized spacial score (nSPS) is 12.0. The van der Waals surface area contributed by atoms with E-state index < -0.39 is 12.0 Å². The second kappa shape index (κ2) is 8.35. The molecule has 0 saturated carbocycles. The van der Waals surface area contributed by atoms with Crippen molar-refractivity contribution in [2.24, 2.45) is 0 Å². The van der Waals surface area contributed by atoms with Gasteiger partial charge in [0.2, 0.25) is 0 Å². The van der Waals surface area contributed by atoms with Gasteiger partial charge in [-0.25, -0.2) is 9.78 Å². The van der Waals surface area contributed by atoms with Crippen LogP contribution in [-0.4, -0.2) is 34.5 Å². The largest absolute Gasteiger partial charge is 0.490 e. The standard InChI is InChI=1S/C20H20N2O5S/c1-12-16-18(21-11-22(19(16)24)13(2)14(3)23)28-17(12)20(25)27-10-9-26-15-7-5-4-6-8-15/h4-8,11,13H,9-10H2,1-3H3. The van der Waals surface area contributed by atoms with Gasteiger partial charge in [0.25, 0.3) is 5.56 Å². The highest BCUT2D eigenvalue weighted by molar-refractivity contribution is 7.20. The maximum absolute atomic E-state index is 12.8. The van der Waals surface area contributed by atoms with Gasteiger partial charge in [-0.05, 0) is 38.5 Å². The van der Waals surface area contributed by atoms with Gasteiger partial charge in [0, 0.05) is 0 Å². The fraction of sp³-hybridized carbons (Fsp3) is 0.300. The number of hydrogen-bond acceptors (Lipinski definition) is 7. The smallest absolute Gasteiger partial charge is 0.348 e. The van der Waals surface area contributed by atoms with Gasteiger partial charge in [0.1, 0.15) is 28.7 Å². The Bertz CT molecular complexity index is 1070. The first-order chi connectivity index (χ1) is 13.4. The molecule has 0 fully saturated rings. The molecule has 0 spiro atoms. The molecule has 3 aromatic rings. The van der Waals surface area contributed by atoms with E-state index in [0.29, 0.717) is 26.4 Å². The number of Topliss-reactive ketones (excluding diaryl/α,β-unsaturated/α-hetero) is 1. The first-order valence-corrected chi connectivity index (χ1v) is 9.57. The summed E-state index contributed by atoms with van der Waals surface area (Å²) in [5.74, 6) is 0.0258. The molecule has 28 heavy (non-hydrogen) atoms. The van der Waals surface area contributed by atoms with Crippen molar-refractivity contribution in [3.63, 3.8) is 0 Å². The van der Waals surface area contributed by atoms with Gasteiger partial charge >= 0.3 is 5.97 Å². The number of ketones is 1. The summed E-state index contributed by atoms with van der Waals surface area (Å²) in [6.45, 7) is 5.05. The number of carbonyl (C=O) groups excluding carboxylic acids is 2. The first kappa shape index (κ1) is 19.8. The van der Waals surface area contributed by atoms with Crippen LogP contribution < -0.4 is 10.3 Å². The molecule has 7 nitrogen and oxygen atoms in total. The summed E-state index contributed by atoms with van der Waals surface area (Å²) in [5, 5.41) is 0.341. The molecule has 3 rings (SSSR count). The lowest BCUT2D eigenvalue weighted by atomic mass is 10.2.